The first-order chi connectivity index (χ1) is 12.7. The van der Waals surface area contributed by atoms with Crippen molar-refractivity contribution in [2.75, 3.05) is 7.05 Å². The van der Waals surface area contributed by atoms with Crippen LogP contribution in [0.4, 0.5) is 13.2 Å². The van der Waals surface area contributed by atoms with Gasteiger partial charge in [-0.3, -0.25) is 4.99 Å². The van der Waals surface area contributed by atoms with Crippen molar-refractivity contribution >= 4 is 16.9 Å². The average molecular weight is 406 g/mol. The van der Waals surface area contributed by atoms with Gasteiger partial charge in [0.1, 0.15) is 23.7 Å². The molecule has 1 aromatic rings. The normalized spacial score (nSPS) is 33.6. The van der Waals surface area contributed by atoms with Crippen LogP contribution in [0.25, 0.3) is 0 Å². The smallest absolute Gasteiger partial charge is 0.388 e. The lowest BCUT2D eigenvalue weighted by Crippen LogP contribution is -2.61. The molecule has 150 valence electrons. The lowest BCUT2D eigenvalue weighted by atomic mass is 9.95. The van der Waals surface area contributed by atoms with E-state index in [1.807, 2.05) is 0 Å². The Morgan fingerprint density at radius 3 is 2.67 bits per heavy atom. The molecular formula is C17H21F3N2O4S. The fourth-order valence-electron chi connectivity index (χ4n) is 3.17. The number of benzene rings is 1. The summed E-state index contributed by atoms with van der Waals surface area (Å²) in [5, 5.41) is 24.3. The van der Waals surface area contributed by atoms with Crippen LogP contribution >= 0.6 is 11.8 Å². The summed E-state index contributed by atoms with van der Waals surface area (Å²) in [5.41, 5.74) is -1.24. The first kappa shape index (κ1) is 20.4. The maximum atomic E-state index is 13.1. The second-order valence-electron chi connectivity index (χ2n) is 6.44. The van der Waals surface area contributed by atoms with Gasteiger partial charge in [0.05, 0.1) is 24.3 Å². The number of aliphatic imine (C=N–C) groups is 1. The summed E-state index contributed by atoms with van der Waals surface area (Å²) in [6, 6.07) is 4.65. The van der Waals surface area contributed by atoms with Crippen molar-refractivity contribution in [2.45, 2.75) is 55.6 Å². The highest BCUT2D eigenvalue weighted by atomic mass is 32.2. The molecule has 1 aromatic carbocycles. The van der Waals surface area contributed by atoms with E-state index in [0.29, 0.717) is 5.17 Å². The van der Waals surface area contributed by atoms with Crippen LogP contribution in [0.15, 0.2) is 29.3 Å². The zero-order valence-corrected chi connectivity index (χ0v) is 15.5. The van der Waals surface area contributed by atoms with E-state index in [4.69, 9.17) is 9.47 Å². The van der Waals surface area contributed by atoms with Crippen molar-refractivity contribution < 1.29 is 32.9 Å². The van der Waals surface area contributed by atoms with Crippen LogP contribution in [-0.2, 0) is 22.3 Å². The first-order valence-corrected chi connectivity index (χ1v) is 9.28. The molecule has 27 heavy (non-hydrogen) atoms. The average Bonchev–Trinajstić information content (AvgIpc) is 3.05. The summed E-state index contributed by atoms with van der Waals surface area (Å²) in [7, 11) is 1.59. The molecule has 6 atom stereocenters. The monoisotopic (exact) mass is 406 g/mol. The van der Waals surface area contributed by atoms with Crippen LogP contribution < -0.4 is 5.32 Å². The van der Waals surface area contributed by atoms with Gasteiger partial charge in [-0.1, -0.05) is 30.0 Å². The van der Waals surface area contributed by atoms with Crippen molar-refractivity contribution in [3.8, 4) is 0 Å². The lowest BCUT2D eigenvalue weighted by molar-refractivity contribution is -0.195. The Kier molecular flexibility index (Phi) is 6.02. The van der Waals surface area contributed by atoms with Crippen LogP contribution in [0, 0.1) is 0 Å². The number of aliphatic hydroxyl groups is 2. The van der Waals surface area contributed by atoms with Crippen molar-refractivity contribution in [2.24, 2.45) is 4.99 Å². The topological polar surface area (TPSA) is 83.3 Å². The largest absolute Gasteiger partial charge is 0.416 e. The van der Waals surface area contributed by atoms with Crippen molar-refractivity contribution in [1.29, 1.82) is 0 Å². The maximum Gasteiger partial charge on any atom is 0.416 e. The Balaban J connectivity index is 1.67. The van der Waals surface area contributed by atoms with Gasteiger partial charge in [-0.2, -0.15) is 13.2 Å². The van der Waals surface area contributed by atoms with Gasteiger partial charge in [-0.05, 0) is 18.6 Å². The minimum Gasteiger partial charge on any atom is -0.388 e. The van der Waals surface area contributed by atoms with Gasteiger partial charge in [0, 0.05) is 7.05 Å². The van der Waals surface area contributed by atoms with Gasteiger partial charge < -0.3 is 25.0 Å². The van der Waals surface area contributed by atoms with Gasteiger partial charge in [0.2, 0.25) is 0 Å². The SMILES string of the molecule is CN=C1N[C@@H]2[C@@H](O)[C@H](O)[C@@H]([C@H](C)OCc3ccccc3C(F)(F)F)O[C@@H]2S1. The number of nitrogens with one attached hydrogen (secondary N) is 1. The van der Waals surface area contributed by atoms with Gasteiger partial charge >= 0.3 is 6.18 Å². The third-order valence-corrected chi connectivity index (χ3v) is 5.81. The molecule has 0 aliphatic carbocycles. The number of nitrogens with zero attached hydrogens (tertiary/aromatic N) is 1. The molecule has 3 rings (SSSR count). The highest BCUT2D eigenvalue weighted by Crippen LogP contribution is 2.36. The molecular weight excluding hydrogens is 385 g/mol. The Morgan fingerprint density at radius 2 is 2.00 bits per heavy atom. The van der Waals surface area contributed by atoms with E-state index in [0.717, 1.165) is 6.07 Å². The maximum absolute atomic E-state index is 13.1. The van der Waals surface area contributed by atoms with Gasteiger partial charge in [-0.15, -0.1) is 0 Å². The molecule has 2 fully saturated rings. The minimum absolute atomic E-state index is 0.00196. The third kappa shape index (κ3) is 4.24. The van der Waals surface area contributed by atoms with Crippen molar-refractivity contribution in [3.63, 3.8) is 0 Å². The van der Waals surface area contributed by atoms with E-state index in [1.165, 1.54) is 30.0 Å². The van der Waals surface area contributed by atoms with Crippen LogP contribution in [0.2, 0.25) is 0 Å². The van der Waals surface area contributed by atoms with Crippen LogP contribution in [-0.4, -0.2) is 58.3 Å². The molecule has 10 heteroatoms. The molecule has 0 amide bonds. The van der Waals surface area contributed by atoms with Crippen molar-refractivity contribution in [1.82, 2.24) is 5.32 Å². The highest BCUT2D eigenvalue weighted by Gasteiger charge is 2.50. The second kappa shape index (κ2) is 7.96. The molecule has 0 bridgehead atoms. The molecule has 0 spiro atoms. The van der Waals surface area contributed by atoms with Crippen LogP contribution in [0.5, 0.6) is 0 Å². The van der Waals surface area contributed by atoms with E-state index < -0.39 is 47.6 Å². The number of halogens is 3. The van der Waals surface area contributed by atoms with E-state index >= 15 is 0 Å². The van der Waals surface area contributed by atoms with Crippen molar-refractivity contribution in [3.05, 3.63) is 35.4 Å². The summed E-state index contributed by atoms with van der Waals surface area (Å²) in [4.78, 5) is 4.01. The predicted octanol–water partition coefficient (Wildman–Crippen LogP) is 1.75. The molecule has 2 aliphatic heterocycles. The fourth-order valence-corrected chi connectivity index (χ4v) is 4.26. The zero-order chi connectivity index (χ0) is 19.8. The summed E-state index contributed by atoms with van der Waals surface area (Å²) in [6.45, 7) is 1.31. The van der Waals surface area contributed by atoms with Gasteiger partial charge in [0.15, 0.2) is 5.17 Å². The highest BCUT2D eigenvalue weighted by molar-refractivity contribution is 8.14. The number of hydrogen-bond acceptors (Lipinski definition) is 6. The summed E-state index contributed by atoms with van der Waals surface area (Å²) in [5.74, 6) is 0. The zero-order valence-electron chi connectivity index (χ0n) is 14.7. The molecule has 0 saturated carbocycles. The number of aliphatic hydroxyl groups excluding tert-OH is 2. The van der Waals surface area contributed by atoms with E-state index in [1.54, 1.807) is 14.0 Å². The number of ether oxygens (including phenoxy) is 2. The molecule has 0 aromatic heterocycles. The Bertz CT molecular complexity index is 703. The van der Waals surface area contributed by atoms with Gasteiger partial charge in [0.25, 0.3) is 0 Å². The number of hydrogen-bond donors (Lipinski definition) is 3. The minimum atomic E-state index is -4.48. The summed E-state index contributed by atoms with van der Waals surface area (Å²) < 4.78 is 50.7. The third-order valence-electron chi connectivity index (χ3n) is 4.65. The van der Waals surface area contributed by atoms with E-state index in [-0.39, 0.29) is 12.2 Å². The van der Waals surface area contributed by atoms with Crippen LogP contribution in [0.3, 0.4) is 0 Å². The molecule has 3 N–H and O–H groups in total. The summed E-state index contributed by atoms with van der Waals surface area (Å²) >= 11 is 1.28. The number of amidine groups is 1. The standard InChI is InChI=1S/C17H21F3N2O4S/c1-8(25-7-9-5-3-4-6-10(9)17(18,19)20)14-13(24)12(23)11-15(26-14)27-16(21-2)22-11/h3-6,8,11-15,23-24H,7H2,1-2H3,(H,21,22)/t8-,11+,12+,13-,14+,15+/m0/s1. The Morgan fingerprint density at radius 1 is 1.30 bits per heavy atom. The number of alkyl halides is 3. The quantitative estimate of drug-likeness (QED) is 0.707. The Labute approximate surface area is 158 Å². The number of thioether (sulfide) groups is 1. The van der Waals surface area contributed by atoms with Crippen LogP contribution in [0.1, 0.15) is 18.1 Å². The van der Waals surface area contributed by atoms with Gasteiger partial charge in [-0.25, -0.2) is 0 Å². The molecule has 2 aliphatic rings. The fraction of sp³-hybridized carbons (Fsp3) is 0.588. The van der Waals surface area contributed by atoms with E-state index in [9.17, 15) is 23.4 Å². The predicted molar refractivity (Wildman–Crippen MR) is 94.2 cm³/mol. The molecule has 2 saturated heterocycles. The number of fused-ring (bicyclic) bond motifs is 1. The molecule has 0 radical (unpaired) electrons. The molecule has 2 heterocycles. The lowest BCUT2D eigenvalue weighted by Gasteiger charge is -2.41. The summed E-state index contributed by atoms with van der Waals surface area (Å²) in [6.07, 6.45) is -8.46. The first-order valence-electron chi connectivity index (χ1n) is 8.40. The number of rotatable bonds is 4. The molecule has 0 unspecified atom stereocenters. The van der Waals surface area contributed by atoms with E-state index in [2.05, 4.69) is 10.3 Å². The molecule has 6 nitrogen and oxygen atoms in total. The second-order valence-corrected chi connectivity index (χ2v) is 7.53. The Hall–Kier alpha value is -1.33.